The molecule has 1 unspecified atom stereocenters. The topological polar surface area (TPSA) is 32.7 Å². The van der Waals surface area contributed by atoms with Gasteiger partial charge in [0.2, 0.25) is 0 Å². The van der Waals surface area contributed by atoms with E-state index in [0.29, 0.717) is 5.02 Å². The van der Waals surface area contributed by atoms with E-state index in [0.717, 1.165) is 11.3 Å². The molecule has 1 atom stereocenters. The van der Waals surface area contributed by atoms with Gasteiger partial charge in [0.15, 0.2) is 0 Å². The maximum absolute atomic E-state index is 12.1. The molecule has 18 heavy (non-hydrogen) atoms. The van der Waals surface area contributed by atoms with Gasteiger partial charge in [0, 0.05) is 5.02 Å². The number of hydrazone groups is 1. The van der Waals surface area contributed by atoms with Crippen LogP contribution in [0.15, 0.2) is 29.4 Å². The summed E-state index contributed by atoms with van der Waals surface area (Å²) < 4.78 is 0. The van der Waals surface area contributed by atoms with Gasteiger partial charge in [0.05, 0.1) is 11.3 Å². The molecular weight excluding hydrogens is 316 g/mol. The Morgan fingerprint density at radius 2 is 1.83 bits per heavy atom. The lowest BCUT2D eigenvalue weighted by atomic mass is 10.1. The highest BCUT2D eigenvalue weighted by Gasteiger charge is 2.39. The smallest absolute Gasteiger partial charge is 0.263 e. The van der Waals surface area contributed by atoms with Crippen LogP contribution in [0.5, 0.6) is 0 Å². The Hall–Kier alpha value is -0.870. The van der Waals surface area contributed by atoms with Gasteiger partial charge in [0.1, 0.15) is 4.83 Å². The van der Waals surface area contributed by atoms with Crippen molar-refractivity contribution in [1.82, 2.24) is 5.01 Å². The highest BCUT2D eigenvalue weighted by Crippen LogP contribution is 2.27. The fourth-order valence-corrected chi connectivity index (χ4v) is 2.41. The Kier molecular flexibility index (Phi) is 3.52. The fraction of sp³-hybridized carbons (Fsp3) is 0.385. The summed E-state index contributed by atoms with van der Waals surface area (Å²) in [6.45, 7) is 5.87. The number of nitrogens with zero attached hydrogens (tertiary/aromatic N) is 2. The molecular formula is C13H14BrClN2O. The summed E-state index contributed by atoms with van der Waals surface area (Å²) in [6.07, 6.45) is 0. The number of benzene rings is 1. The van der Waals surface area contributed by atoms with E-state index >= 15 is 0 Å². The molecule has 1 amide bonds. The largest absolute Gasteiger partial charge is 0.271 e. The highest BCUT2D eigenvalue weighted by atomic mass is 79.9. The Labute approximate surface area is 120 Å². The first-order valence-corrected chi connectivity index (χ1v) is 6.92. The zero-order chi connectivity index (χ0) is 13.5. The summed E-state index contributed by atoms with van der Waals surface area (Å²) in [6, 6.07) is 7.33. The van der Waals surface area contributed by atoms with Gasteiger partial charge in [-0.3, -0.25) is 4.79 Å². The highest BCUT2D eigenvalue weighted by molar-refractivity contribution is 9.10. The second kappa shape index (κ2) is 4.67. The van der Waals surface area contributed by atoms with Crippen LogP contribution in [0.2, 0.25) is 5.02 Å². The van der Waals surface area contributed by atoms with E-state index in [-0.39, 0.29) is 11.4 Å². The molecule has 1 heterocycles. The van der Waals surface area contributed by atoms with E-state index in [2.05, 4.69) is 21.0 Å². The van der Waals surface area contributed by atoms with Gasteiger partial charge in [-0.1, -0.05) is 39.7 Å². The van der Waals surface area contributed by atoms with Crippen LogP contribution in [-0.4, -0.2) is 27.0 Å². The Bertz CT molecular complexity index is 505. The normalized spacial score (nSPS) is 20.3. The Morgan fingerprint density at radius 3 is 2.28 bits per heavy atom. The van der Waals surface area contributed by atoms with Crippen molar-refractivity contribution in [2.75, 3.05) is 0 Å². The molecule has 3 nitrogen and oxygen atoms in total. The summed E-state index contributed by atoms with van der Waals surface area (Å²) in [5.41, 5.74) is 1.31. The molecule has 0 spiro atoms. The molecule has 0 bridgehead atoms. The van der Waals surface area contributed by atoms with Crippen molar-refractivity contribution >= 4 is 39.1 Å². The third-order valence-corrected chi connectivity index (χ3v) is 3.73. The van der Waals surface area contributed by atoms with Crippen molar-refractivity contribution in [3.8, 4) is 0 Å². The lowest BCUT2D eigenvalue weighted by molar-refractivity contribution is -0.132. The quantitative estimate of drug-likeness (QED) is 0.726. The minimum Gasteiger partial charge on any atom is -0.271 e. The molecule has 0 aromatic heterocycles. The summed E-state index contributed by atoms with van der Waals surface area (Å²) in [5.74, 6) is -0.0348. The van der Waals surface area contributed by atoms with Crippen LogP contribution in [0.4, 0.5) is 0 Å². The predicted molar refractivity (Wildman–Crippen MR) is 77.3 cm³/mol. The minimum absolute atomic E-state index is 0.0348. The van der Waals surface area contributed by atoms with Crippen molar-refractivity contribution in [2.45, 2.75) is 31.1 Å². The molecule has 0 fully saturated rings. The number of carbonyl (C=O) groups is 1. The average Bonchev–Trinajstić information content (AvgIpc) is 2.57. The molecule has 0 aliphatic carbocycles. The summed E-state index contributed by atoms with van der Waals surface area (Å²) in [7, 11) is 0. The minimum atomic E-state index is -0.391. The number of halogens is 2. The van der Waals surface area contributed by atoms with E-state index in [4.69, 9.17) is 11.6 Å². The molecule has 0 saturated heterocycles. The first-order valence-electron chi connectivity index (χ1n) is 5.63. The van der Waals surface area contributed by atoms with E-state index in [9.17, 15) is 4.79 Å². The second-order valence-electron chi connectivity index (χ2n) is 5.18. The zero-order valence-electron chi connectivity index (χ0n) is 10.4. The molecule has 0 N–H and O–H groups in total. The zero-order valence-corrected chi connectivity index (χ0v) is 12.8. The molecule has 0 saturated carbocycles. The van der Waals surface area contributed by atoms with Crippen LogP contribution in [0, 0.1) is 0 Å². The summed E-state index contributed by atoms with van der Waals surface area (Å²) in [4.78, 5) is 11.8. The maximum atomic E-state index is 12.1. The molecule has 1 aliphatic heterocycles. The molecule has 96 valence electrons. The van der Waals surface area contributed by atoms with Crippen LogP contribution in [0.3, 0.4) is 0 Å². The van der Waals surface area contributed by atoms with E-state index in [1.807, 2.05) is 32.9 Å². The number of rotatable bonds is 1. The van der Waals surface area contributed by atoms with E-state index in [1.165, 1.54) is 5.01 Å². The molecule has 1 aliphatic rings. The van der Waals surface area contributed by atoms with Gasteiger partial charge in [0.25, 0.3) is 5.91 Å². The first kappa shape index (κ1) is 13.6. The number of amides is 1. The molecule has 1 aromatic carbocycles. The van der Waals surface area contributed by atoms with Crippen molar-refractivity contribution in [3.05, 3.63) is 34.9 Å². The van der Waals surface area contributed by atoms with Gasteiger partial charge in [-0.25, -0.2) is 5.01 Å². The summed E-state index contributed by atoms with van der Waals surface area (Å²) >= 11 is 9.26. The van der Waals surface area contributed by atoms with Crippen LogP contribution < -0.4 is 0 Å². The van der Waals surface area contributed by atoms with Gasteiger partial charge in [-0.05, 0) is 38.5 Å². The van der Waals surface area contributed by atoms with E-state index in [1.54, 1.807) is 12.1 Å². The van der Waals surface area contributed by atoms with Gasteiger partial charge in [-0.2, -0.15) is 5.10 Å². The first-order chi connectivity index (χ1) is 8.30. The second-order valence-corrected chi connectivity index (χ2v) is 6.53. The Balaban J connectivity index is 2.39. The van der Waals surface area contributed by atoms with Gasteiger partial charge >= 0.3 is 0 Å². The third kappa shape index (κ3) is 2.45. The SMILES string of the molecule is CC(C)(C)N1N=C(c2ccc(Cl)cc2)C(Br)C1=O. The van der Waals surface area contributed by atoms with Crippen LogP contribution >= 0.6 is 27.5 Å². The number of alkyl halides is 1. The van der Waals surface area contributed by atoms with Crippen LogP contribution in [0.25, 0.3) is 0 Å². The molecule has 2 rings (SSSR count). The van der Waals surface area contributed by atoms with Crippen molar-refractivity contribution in [3.63, 3.8) is 0 Å². The molecule has 0 radical (unpaired) electrons. The maximum Gasteiger partial charge on any atom is 0.263 e. The van der Waals surface area contributed by atoms with E-state index < -0.39 is 4.83 Å². The molecule has 5 heteroatoms. The lowest BCUT2D eigenvalue weighted by Crippen LogP contribution is -2.41. The Morgan fingerprint density at radius 1 is 1.28 bits per heavy atom. The fourth-order valence-electron chi connectivity index (χ4n) is 1.74. The third-order valence-electron chi connectivity index (χ3n) is 2.65. The lowest BCUT2D eigenvalue weighted by Gasteiger charge is -2.27. The van der Waals surface area contributed by atoms with Gasteiger partial charge < -0.3 is 0 Å². The monoisotopic (exact) mass is 328 g/mol. The van der Waals surface area contributed by atoms with Crippen molar-refractivity contribution in [2.24, 2.45) is 5.10 Å². The number of carbonyl (C=O) groups excluding carboxylic acids is 1. The predicted octanol–water partition coefficient (Wildman–Crippen LogP) is 3.45. The van der Waals surface area contributed by atoms with Gasteiger partial charge in [-0.15, -0.1) is 0 Å². The standard InChI is InChI=1S/C13H14BrClN2O/c1-13(2,3)17-12(18)10(14)11(16-17)8-4-6-9(15)7-5-8/h4-7,10H,1-3H3. The van der Waals surface area contributed by atoms with Crippen LogP contribution in [-0.2, 0) is 4.79 Å². The number of hydrogen-bond donors (Lipinski definition) is 0. The number of hydrogen-bond acceptors (Lipinski definition) is 2. The van der Waals surface area contributed by atoms with Crippen molar-refractivity contribution < 1.29 is 4.79 Å². The average molecular weight is 330 g/mol. The summed E-state index contributed by atoms with van der Waals surface area (Å²) in [5, 5.41) is 6.62. The molecule has 1 aromatic rings. The van der Waals surface area contributed by atoms with Crippen LogP contribution in [0.1, 0.15) is 26.3 Å². The van der Waals surface area contributed by atoms with Crippen molar-refractivity contribution in [1.29, 1.82) is 0 Å².